The fourth-order valence-corrected chi connectivity index (χ4v) is 6.56. The van der Waals surface area contributed by atoms with Crippen LogP contribution in [0.2, 0.25) is 0 Å². The molecule has 3 heteroatoms. The van der Waals surface area contributed by atoms with E-state index >= 15 is 0 Å². The number of hydrogen-bond donors (Lipinski definition) is 0. The molecule has 7 aromatic carbocycles. The van der Waals surface area contributed by atoms with E-state index < -0.39 is 0 Å². The van der Waals surface area contributed by atoms with E-state index in [4.69, 9.17) is 5.10 Å². The first-order valence-corrected chi connectivity index (χ1v) is 16.0. The van der Waals surface area contributed by atoms with E-state index in [0.717, 1.165) is 56.2 Å². The molecule has 47 heavy (non-hydrogen) atoms. The van der Waals surface area contributed by atoms with Crippen molar-refractivity contribution < 1.29 is 0 Å². The lowest BCUT2D eigenvalue weighted by atomic mass is 9.94. The molecule has 0 spiro atoms. The summed E-state index contributed by atoms with van der Waals surface area (Å²) in [5.41, 5.74) is 12.5. The number of rotatable bonds is 7. The van der Waals surface area contributed by atoms with E-state index in [1.54, 1.807) is 0 Å². The van der Waals surface area contributed by atoms with Crippen molar-refractivity contribution in [1.82, 2.24) is 0 Å². The Morgan fingerprint density at radius 3 is 1.00 bits per heavy atom. The largest absolute Gasteiger partial charge is 0.303 e. The van der Waals surface area contributed by atoms with Gasteiger partial charge in [-0.05, 0) is 22.3 Å². The molecular formula is C44H33N3. The average Bonchev–Trinajstić information content (AvgIpc) is 3.61. The third-order valence-electron chi connectivity index (χ3n) is 8.72. The third kappa shape index (κ3) is 5.49. The SMILES string of the molecule is c1ccc(C2=NN(c3c(-c4ccccc4)cccc3-c3ccccc3)CN2c2c(-c3ccccc3)cccc2-c2ccccc2)cc1. The Hall–Kier alpha value is -6.19. The molecule has 1 heterocycles. The number of anilines is 2. The summed E-state index contributed by atoms with van der Waals surface area (Å²) in [5, 5.41) is 7.70. The zero-order valence-electron chi connectivity index (χ0n) is 25.9. The van der Waals surface area contributed by atoms with Crippen LogP contribution in [0.5, 0.6) is 0 Å². The highest BCUT2D eigenvalue weighted by atomic mass is 15.6. The highest BCUT2D eigenvalue weighted by molar-refractivity contribution is 6.16. The quantitative estimate of drug-likeness (QED) is 0.180. The van der Waals surface area contributed by atoms with Gasteiger partial charge >= 0.3 is 0 Å². The Kier molecular flexibility index (Phi) is 7.62. The topological polar surface area (TPSA) is 18.8 Å². The van der Waals surface area contributed by atoms with E-state index in [0.29, 0.717) is 6.67 Å². The average molecular weight is 604 g/mol. The van der Waals surface area contributed by atoms with E-state index in [-0.39, 0.29) is 0 Å². The fourth-order valence-electron chi connectivity index (χ4n) is 6.56. The van der Waals surface area contributed by atoms with Crippen molar-refractivity contribution >= 4 is 17.2 Å². The van der Waals surface area contributed by atoms with Gasteiger partial charge in [-0.2, -0.15) is 5.10 Å². The van der Waals surface area contributed by atoms with Crippen molar-refractivity contribution in [3.63, 3.8) is 0 Å². The molecule has 7 aromatic rings. The van der Waals surface area contributed by atoms with Gasteiger partial charge in [0, 0.05) is 27.8 Å². The Labute approximate surface area is 276 Å². The summed E-state index contributed by atoms with van der Waals surface area (Å²) in [6.07, 6.45) is 0. The zero-order valence-corrected chi connectivity index (χ0v) is 25.9. The van der Waals surface area contributed by atoms with E-state index in [1.807, 2.05) is 0 Å². The van der Waals surface area contributed by atoms with Crippen LogP contribution in [0.15, 0.2) is 193 Å². The minimum atomic E-state index is 0.539. The van der Waals surface area contributed by atoms with E-state index in [1.165, 1.54) is 11.1 Å². The summed E-state index contributed by atoms with van der Waals surface area (Å²) in [6, 6.07) is 66.4. The second kappa shape index (κ2) is 12.7. The Morgan fingerprint density at radius 2 is 0.638 bits per heavy atom. The molecule has 0 atom stereocenters. The maximum absolute atomic E-state index is 5.50. The fraction of sp³-hybridized carbons (Fsp3) is 0.0227. The summed E-state index contributed by atoms with van der Waals surface area (Å²) in [6.45, 7) is 0.539. The maximum atomic E-state index is 5.50. The second-order valence-electron chi connectivity index (χ2n) is 11.6. The lowest BCUT2D eigenvalue weighted by Crippen LogP contribution is -2.32. The van der Waals surface area contributed by atoms with Gasteiger partial charge in [0.05, 0.1) is 11.4 Å². The van der Waals surface area contributed by atoms with Crippen LogP contribution in [-0.4, -0.2) is 12.5 Å². The molecule has 0 radical (unpaired) electrons. The van der Waals surface area contributed by atoms with Crippen LogP contribution in [0.25, 0.3) is 44.5 Å². The molecule has 0 saturated heterocycles. The van der Waals surface area contributed by atoms with Crippen molar-refractivity contribution in [2.75, 3.05) is 16.6 Å². The number of nitrogens with zero attached hydrogens (tertiary/aromatic N) is 3. The zero-order chi connectivity index (χ0) is 31.4. The van der Waals surface area contributed by atoms with Crippen LogP contribution in [0.3, 0.4) is 0 Å². The third-order valence-corrected chi connectivity index (χ3v) is 8.72. The normalized spacial score (nSPS) is 12.6. The molecule has 0 amide bonds. The molecule has 0 bridgehead atoms. The van der Waals surface area contributed by atoms with Crippen LogP contribution < -0.4 is 9.91 Å². The monoisotopic (exact) mass is 603 g/mol. The van der Waals surface area contributed by atoms with Gasteiger partial charge in [0.2, 0.25) is 0 Å². The van der Waals surface area contributed by atoms with Crippen LogP contribution >= 0.6 is 0 Å². The number of para-hydroxylation sites is 2. The van der Waals surface area contributed by atoms with Gasteiger partial charge in [-0.15, -0.1) is 0 Å². The molecule has 0 unspecified atom stereocenters. The first-order valence-electron chi connectivity index (χ1n) is 16.0. The highest BCUT2D eigenvalue weighted by Crippen LogP contribution is 2.45. The molecule has 0 N–H and O–H groups in total. The van der Waals surface area contributed by atoms with Crippen molar-refractivity contribution in [2.45, 2.75) is 0 Å². The molecule has 3 nitrogen and oxygen atoms in total. The minimum absolute atomic E-state index is 0.539. The Balaban J connectivity index is 1.38. The standard InChI is InChI=1S/C44H33N3/c1-6-18-33(19-7-1)38-28-16-29-39(34-20-8-2-9-21-34)42(38)46-32-47(45-44(46)37-26-14-5-15-27-37)43-40(35-22-10-3-11-23-35)30-17-31-41(43)36-24-12-4-13-25-36/h1-31H,32H2. The molecule has 1 aliphatic heterocycles. The maximum Gasteiger partial charge on any atom is 0.162 e. The molecule has 0 aromatic heterocycles. The van der Waals surface area contributed by atoms with Crippen molar-refractivity contribution in [2.24, 2.45) is 5.10 Å². The van der Waals surface area contributed by atoms with Gasteiger partial charge in [0.1, 0.15) is 6.67 Å². The van der Waals surface area contributed by atoms with Gasteiger partial charge < -0.3 is 4.90 Å². The van der Waals surface area contributed by atoms with Crippen LogP contribution in [0.1, 0.15) is 5.56 Å². The van der Waals surface area contributed by atoms with Gasteiger partial charge in [-0.25, -0.2) is 5.01 Å². The lowest BCUT2D eigenvalue weighted by molar-refractivity contribution is 0.915. The predicted octanol–water partition coefficient (Wildman–Crippen LogP) is 11.0. The number of amidine groups is 1. The van der Waals surface area contributed by atoms with Crippen LogP contribution in [0, 0.1) is 0 Å². The number of hydrazone groups is 1. The molecule has 1 aliphatic rings. The molecule has 224 valence electrons. The lowest BCUT2D eigenvalue weighted by Gasteiger charge is -2.28. The van der Waals surface area contributed by atoms with Gasteiger partial charge in [-0.3, -0.25) is 0 Å². The van der Waals surface area contributed by atoms with Crippen molar-refractivity contribution in [1.29, 1.82) is 0 Å². The second-order valence-corrected chi connectivity index (χ2v) is 11.6. The van der Waals surface area contributed by atoms with Crippen molar-refractivity contribution in [3.05, 3.63) is 194 Å². The molecule has 0 saturated carbocycles. The molecule has 0 fully saturated rings. The summed E-state index contributed by atoms with van der Waals surface area (Å²) >= 11 is 0. The molecular weight excluding hydrogens is 571 g/mol. The van der Waals surface area contributed by atoms with Gasteiger partial charge in [0.25, 0.3) is 0 Å². The summed E-state index contributed by atoms with van der Waals surface area (Å²) in [5.74, 6) is 0.910. The summed E-state index contributed by atoms with van der Waals surface area (Å²) in [4.78, 5) is 2.40. The van der Waals surface area contributed by atoms with Crippen LogP contribution in [0.4, 0.5) is 11.4 Å². The first kappa shape index (κ1) is 28.3. The highest BCUT2D eigenvalue weighted by Gasteiger charge is 2.32. The molecule has 0 aliphatic carbocycles. The summed E-state index contributed by atoms with van der Waals surface area (Å²) in [7, 11) is 0. The predicted molar refractivity (Wildman–Crippen MR) is 197 cm³/mol. The van der Waals surface area contributed by atoms with Crippen molar-refractivity contribution in [3.8, 4) is 44.5 Å². The van der Waals surface area contributed by atoms with Crippen LogP contribution in [-0.2, 0) is 0 Å². The van der Waals surface area contributed by atoms with Gasteiger partial charge in [0.15, 0.2) is 5.84 Å². The smallest absolute Gasteiger partial charge is 0.162 e. The first-order chi connectivity index (χ1) is 23.3. The van der Waals surface area contributed by atoms with E-state index in [2.05, 4.69) is 198 Å². The minimum Gasteiger partial charge on any atom is -0.303 e. The summed E-state index contributed by atoms with van der Waals surface area (Å²) < 4.78 is 0. The number of hydrogen-bond acceptors (Lipinski definition) is 3. The Bertz CT molecular complexity index is 2030. The number of benzene rings is 7. The molecule has 8 rings (SSSR count). The van der Waals surface area contributed by atoms with E-state index in [9.17, 15) is 0 Å². The Morgan fingerprint density at radius 1 is 0.319 bits per heavy atom. The van der Waals surface area contributed by atoms with Gasteiger partial charge in [-0.1, -0.05) is 188 Å².